The van der Waals surface area contributed by atoms with Gasteiger partial charge < -0.3 is 16.2 Å². The lowest BCUT2D eigenvalue weighted by Gasteiger charge is -2.28. The Morgan fingerprint density at radius 3 is 2.33 bits per heavy atom. The maximum absolute atomic E-state index is 8.92. The fourth-order valence-electron chi connectivity index (χ4n) is 1.99. The van der Waals surface area contributed by atoms with Crippen LogP contribution in [0.1, 0.15) is 46.5 Å². The monoisotopic (exact) mass is 216 g/mol. The maximum Gasteiger partial charge on any atom is 0.0445 e. The highest BCUT2D eigenvalue weighted by Crippen LogP contribution is 2.11. The van der Waals surface area contributed by atoms with Crippen molar-refractivity contribution in [3.63, 3.8) is 0 Å². The lowest BCUT2D eigenvalue weighted by molar-refractivity contribution is 0.241. The van der Waals surface area contributed by atoms with Gasteiger partial charge in [-0.05, 0) is 25.2 Å². The topological polar surface area (TPSA) is 58.3 Å². The predicted octanol–water partition coefficient (Wildman–Crippen LogP) is 1.50. The summed E-state index contributed by atoms with van der Waals surface area (Å²) in [5.74, 6) is 0.618. The molecule has 3 unspecified atom stereocenters. The number of hydrogen-bond donors (Lipinski definition) is 3. The van der Waals surface area contributed by atoms with Gasteiger partial charge in [-0.2, -0.15) is 0 Å². The van der Waals surface area contributed by atoms with Crippen LogP contribution in [0.25, 0.3) is 0 Å². The van der Waals surface area contributed by atoms with Crippen LogP contribution in [0.15, 0.2) is 0 Å². The van der Waals surface area contributed by atoms with Gasteiger partial charge in [0.05, 0.1) is 0 Å². The Kier molecular flexibility index (Phi) is 9.06. The fourth-order valence-corrected chi connectivity index (χ4v) is 1.99. The molecule has 0 aliphatic carbocycles. The van der Waals surface area contributed by atoms with Crippen LogP contribution in [0.4, 0.5) is 0 Å². The Balaban J connectivity index is 4.04. The molecule has 3 atom stereocenters. The van der Waals surface area contributed by atoms with E-state index in [-0.39, 0.29) is 6.61 Å². The van der Waals surface area contributed by atoms with E-state index < -0.39 is 0 Å². The first-order valence-electron chi connectivity index (χ1n) is 6.26. The lowest BCUT2D eigenvalue weighted by atomic mass is 9.95. The van der Waals surface area contributed by atoms with E-state index >= 15 is 0 Å². The van der Waals surface area contributed by atoms with Crippen molar-refractivity contribution in [1.82, 2.24) is 5.32 Å². The van der Waals surface area contributed by atoms with E-state index in [0.29, 0.717) is 24.5 Å². The van der Waals surface area contributed by atoms with Crippen molar-refractivity contribution < 1.29 is 5.11 Å². The molecule has 0 aromatic carbocycles. The minimum absolute atomic E-state index is 0.255. The Labute approximate surface area is 94.4 Å². The molecule has 15 heavy (non-hydrogen) atoms. The Morgan fingerprint density at radius 1 is 1.27 bits per heavy atom. The van der Waals surface area contributed by atoms with Gasteiger partial charge in [0.15, 0.2) is 0 Å². The minimum Gasteiger partial charge on any atom is -0.396 e. The van der Waals surface area contributed by atoms with E-state index in [1.807, 2.05) is 0 Å². The number of nitrogens with two attached hydrogens (primary N) is 1. The van der Waals surface area contributed by atoms with Crippen molar-refractivity contribution in [3.8, 4) is 0 Å². The van der Waals surface area contributed by atoms with E-state index in [2.05, 4.69) is 26.1 Å². The van der Waals surface area contributed by atoms with Gasteiger partial charge in [-0.1, -0.05) is 27.2 Å². The molecule has 0 aliphatic rings. The zero-order valence-corrected chi connectivity index (χ0v) is 10.5. The average Bonchev–Trinajstić information content (AvgIpc) is 2.24. The lowest BCUT2D eigenvalue weighted by Crippen LogP contribution is -2.46. The zero-order valence-electron chi connectivity index (χ0n) is 10.5. The zero-order chi connectivity index (χ0) is 11.7. The molecular formula is C12H28N2O. The molecule has 0 aromatic heterocycles. The highest BCUT2D eigenvalue weighted by Gasteiger charge is 2.17. The number of aliphatic hydroxyl groups is 1. The smallest absolute Gasteiger partial charge is 0.0445 e. The van der Waals surface area contributed by atoms with Crippen molar-refractivity contribution >= 4 is 0 Å². The van der Waals surface area contributed by atoms with Crippen LogP contribution in [-0.4, -0.2) is 30.3 Å². The summed E-state index contributed by atoms with van der Waals surface area (Å²) in [5.41, 5.74) is 5.78. The molecule has 0 heterocycles. The number of rotatable bonds is 9. The minimum atomic E-state index is 0.255. The Morgan fingerprint density at radius 2 is 1.93 bits per heavy atom. The van der Waals surface area contributed by atoms with E-state index in [1.54, 1.807) is 0 Å². The third-order valence-electron chi connectivity index (χ3n) is 3.10. The molecule has 0 rings (SSSR count). The third-order valence-corrected chi connectivity index (χ3v) is 3.10. The molecule has 0 aliphatic heterocycles. The van der Waals surface area contributed by atoms with Crippen LogP contribution in [0.3, 0.4) is 0 Å². The number of nitrogens with one attached hydrogen (secondary N) is 1. The van der Waals surface area contributed by atoms with Crippen LogP contribution in [-0.2, 0) is 0 Å². The van der Waals surface area contributed by atoms with Gasteiger partial charge in [-0.15, -0.1) is 0 Å². The summed E-state index contributed by atoms with van der Waals surface area (Å²) in [6.45, 7) is 7.54. The van der Waals surface area contributed by atoms with E-state index in [4.69, 9.17) is 10.8 Å². The summed E-state index contributed by atoms with van der Waals surface area (Å²) in [4.78, 5) is 0. The second-order valence-electron chi connectivity index (χ2n) is 4.39. The van der Waals surface area contributed by atoms with Gasteiger partial charge in [0.1, 0.15) is 0 Å². The van der Waals surface area contributed by atoms with Crippen LogP contribution in [0.2, 0.25) is 0 Å². The summed E-state index contributed by atoms with van der Waals surface area (Å²) in [7, 11) is 0. The SMILES string of the molecule is CCCC(C)C(CN)NC(CC)CCO. The number of aliphatic hydroxyl groups excluding tert-OH is 1. The molecule has 0 radical (unpaired) electrons. The van der Waals surface area contributed by atoms with Crippen molar-refractivity contribution in [2.75, 3.05) is 13.2 Å². The second kappa shape index (κ2) is 9.13. The molecule has 0 aromatic rings. The molecule has 0 bridgehead atoms. The Hall–Kier alpha value is -0.120. The van der Waals surface area contributed by atoms with Gasteiger partial charge in [-0.25, -0.2) is 0 Å². The molecule has 4 N–H and O–H groups in total. The third kappa shape index (κ3) is 6.13. The predicted molar refractivity (Wildman–Crippen MR) is 65.8 cm³/mol. The molecule has 3 nitrogen and oxygen atoms in total. The van der Waals surface area contributed by atoms with Crippen LogP contribution >= 0.6 is 0 Å². The van der Waals surface area contributed by atoms with Gasteiger partial charge in [0.2, 0.25) is 0 Å². The van der Waals surface area contributed by atoms with Crippen molar-refractivity contribution in [2.24, 2.45) is 11.7 Å². The molecule has 3 heteroatoms. The summed E-state index contributed by atoms with van der Waals surface area (Å²) in [6, 6.07) is 0.796. The largest absolute Gasteiger partial charge is 0.396 e. The van der Waals surface area contributed by atoms with E-state index in [1.165, 1.54) is 12.8 Å². The molecule has 92 valence electrons. The Bertz CT molecular complexity index is 142. The van der Waals surface area contributed by atoms with E-state index in [9.17, 15) is 0 Å². The quantitative estimate of drug-likeness (QED) is 0.547. The van der Waals surface area contributed by atoms with E-state index in [0.717, 1.165) is 12.8 Å². The highest BCUT2D eigenvalue weighted by molar-refractivity contribution is 4.78. The molecular weight excluding hydrogens is 188 g/mol. The molecule has 0 saturated heterocycles. The van der Waals surface area contributed by atoms with Crippen molar-refractivity contribution in [2.45, 2.75) is 58.5 Å². The average molecular weight is 216 g/mol. The first-order valence-corrected chi connectivity index (χ1v) is 6.26. The molecule has 0 saturated carbocycles. The summed E-state index contributed by atoms with van der Waals surface area (Å²) < 4.78 is 0. The first-order chi connectivity index (χ1) is 7.19. The van der Waals surface area contributed by atoms with Crippen molar-refractivity contribution in [1.29, 1.82) is 0 Å². The molecule has 0 spiro atoms. The summed E-state index contributed by atoms with van der Waals surface area (Å²) >= 11 is 0. The highest BCUT2D eigenvalue weighted by atomic mass is 16.3. The molecule has 0 amide bonds. The van der Waals surface area contributed by atoms with Gasteiger partial charge >= 0.3 is 0 Å². The molecule has 0 fully saturated rings. The fraction of sp³-hybridized carbons (Fsp3) is 1.00. The number of hydrogen-bond acceptors (Lipinski definition) is 3. The van der Waals surface area contributed by atoms with Crippen LogP contribution in [0.5, 0.6) is 0 Å². The standard InChI is InChI=1S/C12H28N2O/c1-4-6-10(3)12(9-13)14-11(5-2)7-8-15/h10-12,14-15H,4-9,13H2,1-3H3. The van der Waals surface area contributed by atoms with Crippen LogP contribution < -0.4 is 11.1 Å². The van der Waals surface area contributed by atoms with Crippen molar-refractivity contribution in [3.05, 3.63) is 0 Å². The summed E-state index contributed by atoms with van der Waals surface area (Å²) in [5, 5.41) is 12.5. The first kappa shape index (κ1) is 14.9. The maximum atomic E-state index is 8.92. The van der Waals surface area contributed by atoms with Crippen LogP contribution in [0, 0.1) is 5.92 Å². The van der Waals surface area contributed by atoms with Gasteiger partial charge in [0.25, 0.3) is 0 Å². The van der Waals surface area contributed by atoms with Gasteiger partial charge in [0, 0.05) is 25.2 Å². The summed E-state index contributed by atoms with van der Waals surface area (Å²) in [6.07, 6.45) is 4.29. The normalized spacial score (nSPS) is 17.4. The van der Waals surface area contributed by atoms with Gasteiger partial charge in [-0.3, -0.25) is 0 Å². The second-order valence-corrected chi connectivity index (χ2v) is 4.39.